The number of nitrogens with one attached hydrogen (secondary N) is 1. The largest absolute Gasteiger partial charge is 0.439 e. The van der Waals surface area contributed by atoms with Gasteiger partial charge in [-0.1, -0.05) is 0 Å². The first-order valence-corrected chi connectivity index (χ1v) is 8.95. The van der Waals surface area contributed by atoms with Gasteiger partial charge in [0.2, 0.25) is 5.88 Å². The van der Waals surface area contributed by atoms with Crippen molar-refractivity contribution < 1.29 is 23.0 Å². The quantitative estimate of drug-likeness (QED) is 0.705. The second-order valence-electron chi connectivity index (χ2n) is 6.93. The maximum absolute atomic E-state index is 12.6. The summed E-state index contributed by atoms with van der Waals surface area (Å²) in [5, 5.41) is 9.69. The lowest BCUT2D eigenvalue weighted by atomic mass is 9.93. The van der Waals surface area contributed by atoms with E-state index in [4.69, 9.17) is 4.74 Å². The number of aromatic amines is 1. The van der Waals surface area contributed by atoms with Crippen LogP contribution >= 0.6 is 0 Å². The molecule has 0 saturated heterocycles. The molecule has 4 rings (SSSR count). The predicted octanol–water partition coefficient (Wildman–Crippen LogP) is 4.01. The summed E-state index contributed by atoms with van der Waals surface area (Å²) in [6.07, 6.45) is -1.42. The van der Waals surface area contributed by atoms with Gasteiger partial charge < -0.3 is 14.8 Å². The first-order chi connectivity index (χ1) is 13.3. The summed E-state index contributed by atoms with van der Waals surface area (Å²) in [6.45, 7) is 0. The maximum Gasteiger partial charge on any atom is 0.417 e. The Morgan fingerprint density at radius 1 is 1.14 bits per heavy atom. The van der Waals surface area contributed by atoms with E-state index in [1.165, 1.54) is 0 Å². The van der Waals surface area contributed by atoms with Gasteiger partial charge in [0, 0.05) is 24.4 Å². The van der Waals surface area contributed by atoms with E-state index in [-0.39, 0.29) is 23.7 Å². The lowest BCUT2D eigenvalue weighted by Crippen LogP contribution is -2.27. The minimum atomic E-state index is -4.46. The van der Waals surface area contributed by atoms with E-state index in [1.54, 1.807) is 22.8 Å². The van der Waals surface area contributed by atoms with Crippen molar-refractivity contribution in [2.24, 2.45) is 0 Å². The van der Waals surface area contributed by atoms with Crippen molar-refractivity contribution in [3.05, 3.63) is 52.6 Å². The number of ether oxygens (including phenoxy) is 1. The Bertz CT molecular complexity index is 1030. The molecule has 1 aliphatic carbocycles. The van der Waals surface area contributed by atoms with Crippen LogP contribution < -0.4 is 10.4 Å². The van der Waals surface area contributed by atoms with E-state index < -0.39 is 11.7 Å². The second kappa shape index (κ2) is 6.97. The Morgan fingerprint density at radius 2 is 1.89 bits per heavy atom. The highest BCUT2D eigenvalue weighted by Crippen LogP contribution is 2.32. The Balaban J connectivity index is 1.62. The molecule has 0 aliphatic heterocycles. The first-order valence-electron chi connectivity index (χ1n) is 8.95. The lowest BCUT2D eigenvalue weighted by molar-refractivity contribution is -0.137. The van der Waals surface area contributed by atoms with Crippen LogP contribution in [0.1, 0.15) is 37.3 Å². The number of fused-ring (bicyclic) bond motifs is 1. The number of halogens is 3. The van der Waals surface area contributed by atoms with Crippen molar-refractivity contribution in [1.82, 2.24) is 14.5 Å². The zero-order chi connectivity index (χ0) is 19.9. The van der Waals surface area contributed by atoms with Gasteiger partial charge in [0.15, 0.2) is 0 Å². The molecule has 0 unspecified atom stereocenters. The highest BCUT2D eigenvalue weighted by molar-refractivity contribution is 5.77. The van der Waals surface area contributed by atoms with Crippen LogP contribution in [0.15, 0.2) is 41.3 Å². The molecule has 148 valence electrons. The number of rotatable bonds is 3. The SMILES string of the molecule is O=c1[nH]c2ccc(Oc3ccc(C(F)(F)F)cn3)cc2n1[C@H]1CC[C@@H](O)CC1. The molecule has 0 bridgehead atoms. The standard InChI is InChI=1S/C19H18F3N3O3/c20-19(21,22)11-1-8-17(23-10-11)28-14-6-7-15-16(9-14)25(18(27)24-15)12-2-4-13(26)5-3-12/h1,6-10,12-13,26H,2-5H2,(H,24,27)/t12-,13+. The molecule has 0 radical (unpaired) electrons. The van der Waals surface area contributed by atoms with E-state index in [0.717, 1.165) is 12.1 Å². The third-order valence-electron chi connectivity index (χ3n) is 5.01. The first kappa shape index (κ1) is 18.5. The average Bonchev–Trinajstić information content (AvgIpc) is 2.97. The molecule has 28 heavy (non-hydrogen) atoms. The molecule has 2 aromatic heterocycles. The molecule has 1 aliphatic rings. The van der Waals surface area contributed by atoms with Gasteiger partial charge in [0.05, 0.1) is 22.7 Å². The molecule has 1 fully saturated rings. The van der Waals surface area contributed by atoms with Crippen molar-refractivity contribution in [2.75, 3.05) is 0 Å². The summed E-state index contributed by atoms with van der Waals surface area (Å²) in [4.78, 5) is 18.9. The molecule has 2 N–H and O–H groups in total. The number of nitrogens with zero attached hydrogens (tertiary/aromatic N) is 2. The summed E-state index contributed by atoms with van der Waals surface area (Å²) >= 11 is 0. The summed E-state index contributed by atoms with van der Waals surface area (Å²) < 4.78 is 45.1. The summed E-state index contributed by atoms with van der Waals surface area (Å²) in [5.41, 5.74) is 0.204. The molecule has 0 spiro atoms. The van der Waals surface area contributed by atoms with E-state index in [9.17, 15) is 23.1 Å². The van der Waals surface area contributed by atoms with Gasteiger partial charge in [-0.25, -0.2) is 9.78 Å². The average molecular weight is 393 g/mol. The number of hydrogen-bond acceptors (Lipinski definition) is 4. The molecule has 9 heteroatoms. The number of aromatic nitrogens is 3. The van der Waals surface area contributed by atoms with Gasteiger partial charge in [0.25, 0.3) is 0 Å². The molecule has 1 aromatic carbocycles. The summed E-state index contributed by atoms with van der Waals surface area (Å²) in [5.74, 6) is 0.390. The second-order valence-corrected chi connectivity index (χ2v) is 6.93. The Kier molecular flexibility index (Phi) is 4.62. The van der Waals surface area contributed by atoms with Crippen molar-refractivity contribution in [3.63, 3.8) is 0 Å². The fourth-order valence-electron chi connectivity index (χ4n) is 3.57. The monoisotopic (exact) mass is 393 g/mol. The van der Waals surface area contributed by atoms with Gasteiger partial charge in [-0.2, -0.15) is 13.2 Å². The molecule has 6 nitrogen and oxygen atoms in total. The van der Waals surface area contributed by atoms with E-state index in [1.807, 2.05) is 0 Å². The highest BCUT2D eigenvalue weighted by atomic mass is 19.4. The minimum Gasteiger partial charge on any atom is -0.439 e. The van der Waals surface area contributed by atoms with Crippen LogP contribution in [0.2, 0.25) is 0 Å². The Morgan fingerprint density at radius 3 is 2.54 bits per heavy atom. The van der Waals surface area contributed by atoms with E-state index >= 15 is 0 Å². The number of aliphatic hydroxyl groups excluding tert-OH is 1. The molecule has 1 saturated carbocycles. The van der Waals surface area contributed by atoms with Gasteiger partial charge in [0.1, 0.15) is 5.75 Å². The predicted molar refractivity (Wildman–Crippen MR) is 95.4 cm³/mol. The Labute approximate surface area is 157 Å². The third kappa shape index (κ3) is 3.62. The van der Waals surface area contributed by atoms with Crippen molar-refractivity contribution in [2.45, 2.75) is 44.0 Å². The maximum atomic E-state index is 12.6. The van der Waals surface area contributed by atoms with Crippen LogP contribution in [-0.2, 0) is 6.18 Å². The fraction of sp³-hybridized carbons (Fsp3) is 0.368. The number of hydrogen-bond donors (Lipinski definition) is 2. The molecule has 0 amide bonds. The van der Waals surface area contributed by atoms with Gasteiger partial charge in [-0.05, 0) is 43.9 Å². The third-order valence-corrected chi connectivity index (χ3v) is 5.01. The zero-order valence-electron chi connectivity index (χ0n) is 14.7. The van der Waals surface area contributed by atoms with Crippen molar-refractivity contribution in [1.29, 1.82) is 0 Å². The number of pyridine rings is 1. The molecule has 3 aromatic rings. The number of imidazole rings is 1. The van der Waals surface area contributed by atoms with Crippen molar-refractivity contribution in [3.8, 4) is 11.6 Å². The molecule has 2 heterocycles. The number of aliphatic hydroxyl groups is 1. The normalized spacial score (nSPS) is 20.4. The lowest BCUT2D eigenvalue weighted by Gasteiger charge is -2.26. The number of alkyl halides is 3. The van der Waals surface area contributed by atoms with Crippen LogP contribution in [-0.4, -0.2) is 25.7 Å². The molecule has 0 atom stereocenters. The topological polar surface area (TPSA) is 80.1 Å². The van der Waals surface area contributed by atoms with Crippen LogP contribution in [0.3, 0.4) is 0 Å². The smallest absolute Gasteiger partial charge is 0.417 e. The van der Waals surface area contributed by atoms with Gasteiger partial charge in [-0.15, -0.1) is 0 Å². The van der Waals surface area contributed by atoms with Crippen molar-refractivity contribution >= 4 is 11.0 Å². The fourth-order valence-corrected chi connectivity index (χ4v) is 3.57. The van der Waals surface area contributed by atoms with Gasteiger partial charge >= 0.3 is 11.9 Å². The van der Waals surface area contributed by atoms with Crippen LogP contribution in [0, 0.1) is 0 Å². The highest BCUT2D eigenvalue weighted by Gasteiger charge is 2.30. The van der Waals surface area contributed by atoms with E-state index in [2.05, 4.69) is 9.97 Å². The molecular weight excluding hydrogens is 375 g/mol. The summed E-state index contributed by atoms with van der Waals surface area (Å²) in [7, 11) is 0. The minimum absolute atomic E-state index is 0.0240. The molecular formula is C19H18F3N3O3. The van der Waals surface area contributed by atoms with Crippen LogP contribution in [0.25, 0.3) is 11.0 Å². The van der Waals surface area contributed by atoms with Crippen LogP contribution in [0.4, 0.5) is 13.2 Å². The van der Waals surface area contributed by atoms with E-state index in [0.29, 0.717) is 48.7 Å². The van der Waals surface area contributed by atoms with Crippen LogP contribution in [0.5, 0.6) is 11.6 Å². The number of H-pyrrole nitrogens is 1. The summed E-state index contributed by atoms with van der Waals surface area (Å²) in [6, 6.07) is 7.00. The zero-order valence-corrected chi connectivity index (χ0v) is 14.7. The number of benzene rings is 1. The van der Waals surface area contributed by atoms with Gasteiger partial charge in [-0.3, -0.25) is 4.57 Å². The Hall–Kier alpha value is -2.81.